The van der Waals surface area contributed by atoms with Crippen LogP contribution >= 0.6 is 0 Å². The Kier molecular flexibility index (Phi) is 18.7. The van der Waals surface area contributed by atoms with Gasteiger partial charge in [0.1, 0.15) is 11.9 Å². The Balaban J connectivity index is 0.983. The van der Waals surface area contributed by atoms with E-state index in [0.717, 1.165) is 124 Å². The van der Waals surface area contributed by atoms with Crippen molar-refractivity contribution in [2.75, 3.05) is 33.0 Å². The summed E-state index contributed by atoms with van der Waals surface area (Å²) < 4.78 is 30.8. The summed E-state index contributed by atoms with van der Waals surface area (Å²) >= 11 is 0. The fraction of sp³-hybridized carbons (Fsp3) is 0.490. The average molecular weight is 794 g/mol. The zero-order valence-electron chi connectivity index (χ0n) is 35.0. The highest BCUT2D eigenvalue weighted by molar-refractivity contribution is 5.95. The molecule has 2 saturated heterocycles. The summed E-state index contributed by atoms with van der Waals surface area (Å²) in [6, 6.07) is 4.62. The fourth-order valence-corrected chi connectivity index (χ4v) is 7.96. The Morgan fingerprint density at radius 1 is 0.862 bits per heavy atom. The van der Waals surface area contributed by atoms with Crippen molar-refractivity contribution in [3.8, 4) is 0 Å². The van der Waals surface area contributed by atoms with Crippen molar-refractivity contribution in [1.82, 2.24) is 15.0 Å². The number of fused-ring (bicyclic) bond motifs is 2. The van der Waals surface area contributed by atoms with Crippen LogP contribution in [0.5, 0.6) is 0 Å². The third-order valence-corrected chi connectivity index (χ3v) is 11.3. The summed E-state index contributed by atoms with van der Waals surface area (Å²) in [6.45, 7) is 9.42. The highest BCUT2D eigenvalue weighted by Gasteiger charge is 2.35. The third kappa shape index (κ3) is 13.8. The van der Waals surface area contributed by atoms with E-state index in [1.165, 1.54) is 12.1 Å². The van der Waals surface area contributed by atoms with Gasteiger partial charge in [0.25, 0.3) is 5.91 Å². The van der Waals surface area contributed by atoms with Crippen molar-refractivity contribution in [3.05, 3.63) is 125 Å². The van der Waals surface area contributed by atoms with Crippen LogP contribution < -0.4 is 0 Å². The summed E-state index contributed by atoms with van der Waals surface area (Å²) in [6.07, 6.45) is 36.9. The predicted octanol–water partition coefficient (Wildman–Crippen LogP) is 11.5. The smallest absolute Gasteiger partial charge is 0.308 e. The number of allylic oxidation sites excluding steroid dienone is 14. The number of nitrogens with zero attached hydrogens (tertiary/aromatic N) is 3. The molecule has 9 heteroatoms. The van der Waals surface area contributed by atoms with E-state index in [-0.39, 0.29) is 36.5 Å². The third-order valence-electron chi connectivity index (χ3n) is 11.3. The second-order valence-corrected chi connectivity index (χ2v) is 15.5. The maximum Gasteiger partial charge on any atom is 0.308 e. The maximum atomic E-state index is 14.2. The van der Waals surface area contributed by atoms with E-state index in [2.05, 4.69) is 90.7 Å². The quantitative estimate of drug-likeness (QED) is 0.0749. The minimum absolute atomic E-state index is 0.0779. The first-order valence-electron chi connectivity index (χ1n) is 21.5. The van der Waals surface area contributed by atoms with Gasteiger partial charge in [0.05, 0.1) is 5.69 Å². The SMILES string of the molecule is CC=CCC=CCC=CCC=CCC=CCC=CCCC(=O)OCOC1CCCN2C(=O)C(CCN3CCC(c4noc5cc(F)ccc45)CC3)=C(C)CCC(C)=C12. The average Bonchev–Trinajstić information content (AvgIpc) is 3.65. The first kappa shape index (κ1) is 44.5. The van der Waals surface area contributed by atoms with Crippen molar-refractivity contribution in [2.45, 2.75) is 123 Å². The van der Waals surface area contributed by atoms with Crippen molar-refractivity contribution in [3.63, 3.8) is 0 Å². The highest BCUT2D eigenvalue weighted by Crippen LogP contribution is 2.36. The van der Waals surface area contributed by atoms with E-state index in [1.807, 2.05) is 17.9 Å². The van der Waals surface area contributed by atoms with Gasteiger partial charge in [0.2, 0.25) is 0 Å². The van der Waals surface area contributed by atoms with Gasteiger partial charge in [-0.05, 0) is 129 Å². The molecule has 5 rings (SSSR count). The van der Waals surface area contributed by atoms with E-state index in [0.29, 0.717) is 31.4 Å². The largest absolute Gasteiger partial charge is 0.438 e. The van der Waals surface area contributed by atoms with Gasteiger partial charge in [-0.15, -0.1) is 0 Å². The molecule has 1 aromatic carbocycles. The van der Waals surface area contributed by atoms with Crippen LogP contribution in [-0.4, -0.2) is 65.9 Å². The molecule has 1 aromatic heterocycles. The lowest BCUT2D eigenvalue weighted by Crippen LogP contribution is -2.44. The molecule has 3 aliphatic rings. The Morgan fingerprint density at radius 2 is 1.50 bits per heavy atom. The molecule has 2 aromatic rings. The zero-order chi connectivity index (χ0) is 41.0. The molecule has 1 amide bonds. The van der Waals surface area contributed by atoms with Crippen molar-refractivity contribution < 1.29 is 28.0 Å². The molecule has 3 aliphatic heterocycles. The van der Waals surface area contributed by atoms with E-state index in [4.69, 9.17) is 14.0 Å². The molecule has 0 N–H and O–H groups in total. The Morgan fingerprint density at radius 3 is 2.17 bits per heavy atom. The summed E-state index contributed by atoms with van der Waals surface area (Å²) in [5.41, 5.74) is 5.59. The van der Waals surface area contributed by atoms with Crippen LogP contribution in [0.4, 0.5) is 4.39 Å². The van der Waals surface area contributed by atoms with Crippen molar-refractivity contribution in [2.24, 2.45) is 0 Å². The van der Waals surface area contributed by atoms with Gasteiger partial charge in [-0.2, -0.15) is 0 Å². The Hall–Kier alpha value is -4.60. The number of carbonyl (C=O) groups excluding carboxylic acids is 2. The normalized spacial score (nSPS) is 19.4. The maximum absolute atomic E-state index is 14.2. The number of halogens is 1. The van der Waals surface area contributed by atoms with Crippen LogP contribution in [0.25, 0.3) is 11.0 Å². The van der Waals surface area contributed by atoms with Crippen LogP contribution in [0.1, 0.15) is 122 Å². The predicted molar refractivity (Wildman–Crippen MR) is 231 cm³/mol. The molecule has 0 aliphatic carbocycles. The molecule has 0 saturated carbocycles. The fourth-order valence-electron chi connectivity index (χ4n) is 7.96. The van der Waals surface area contributed by atoms with Gasteiger partial charge in [-0.3, -0.25) is 9.59 Å². The van der Waals surface area contributed by atoms with Gasteiger partial charge in [-0.1, -0.05) is 89.2 Å². The molecule has 1 unspecified atom stereocenters. The number of esters is 1. The Labute approximate surface area is 345 Å². The van der Waals surface area contributed by atoms with Crippen molar-refractivity contribution in [1.29, 1.82) is 0 Å². The molecule has 0 bridgehead atoms. The van der Waals surface area contributed by atoms with Crippen LogP contribution in [-0.2, 0) is 19.1 Å². The summed E-state index contributed by atoms with van der Waals surface area (Å²) in [5.74, 6) is -0.261. The van der Waals surface area contributed by atoms with Gasteiger partial charge in [0.15, 0.2) is 12.4 Å². The lowest BCUT2D eigenvalue weighted by Gasteiger charge is -2.39. The standard InChI is InChI=1S/C49H64FN3O5/c1-4-5-6-7-8-9-10-11-12-13-14-15-16-17-18-19-20-21-24-46(54)57-37-56-44-23-22-32-53-48(44)39(3)26-25-38(2)42(49(53)55)31-35-52-33-29-40(30-34-52)47-43-28-27-41(50)36-45(43)58-51-47/h4-5,7-8,10-11,13-14,16-17,19-20,27-28,36,40,44H,6,9,12,15,18,21-26,29-35,37H2,1-3H3. The molecule has 2 fully saturated rings. The molecule has 8 nitrogen and oxygen atoms in total. The lowest BCUT2D eigenvalue weighted by molar-refractivity contribution is -0.161. The van der Waals surface area contributed by atoms with Gasteiger partial charge in [0, 0.05) is 48.2 Å². The number of aromatic nitrogens is 1. The Bertz CT molecular complexity index is 1890. The lowest BCUT2D eigenvalue weighted by atomic mass is 9.89. The number of hydrogen-bond donors (Lipinski definition) is 0. The van der Waals surface area contributed by atoms with Gasteiger partial charge < -0.3 is 23.8 Å². The zero-order valence-corrected chi connectivity index (χ0v) is 35.0. The second kappa shape index (κ2) is 24.4. The van der Waals surface area contributed by atoms with E-state index < -0.39 is 0 Å². The van der Waals surface area contributed by atoms with Gasteiger partial charge in [-0.25, -0.2) is 4.39 Å². The number of ether oxygens (including phenoxy) is 2. The minimum atomic E-state index is -0.321. The molecular formula is C49H64FN3O5. The van der Waals surface area contributed by atoms with Crippen LogP contribution in [0, 0.1) is 5.82 Å². The summed E-state index contributed by atoms with van der Waals surface area (Å²) in [5, 5.41) is 5.19. The monoisotopic (exact) mass is 793 g/mol. The first-order valence-corrected chi connectivity index (χ1v) is 21.5. The van der Waals surface area contributed by atoms with E-state index in [9.17, 15) is 14.0 Å². The van der Waals surface area contributed by atoms with Gasteiger partial charge >= 0.3 is 5.97 Å². The number of piperidine rings is 2. The first-order chi connectivity index (χ1) is 28.4. The number of likely N-dealkylation sites (tertiary alicyclic amines) is 1. The van der Waals surface area contributed by atoms with Crippen LogP contribution in [0.3, 0.4) is 0 Å². The van der Waals surface area contributed by atoms with Crippen LogP contribution in [0.15, 0.2) is 118 Å². The molecule has 1 atom stereocenters. The molecule has 4 heterocycles. The summed E-state index contributed by atoms with van der Waals surface area (Å²) in [7, 11) is 0. The molecule has 0 spiro atoms. The molecule has 312 valence electrons. The number of amides is 1. The molecule has 0 radical (unpaired) electrons. The number of carbonyl (C=O) groups is 2. The topological polar surface area (TPSA) is 85.1 Å². The van der Waals surface area contributed by atoms with E-state index in [1.54, 1.807) is 6.07 Å². The number of rotatable bonds is 20. The second-order valence-electron chi connectivity index (χ2n) is 15.5. The highest BCUT2D eigenvalue weighted by atomic mass is 19.1. The molecular weight excluding hydrogens is 730 g/mol. The van der Waals surface area contributed by atoms with Crippen LogP contribution in [0.2, 0.25) is 0 Å². The number of benzene rings is 1. The minimum Gasteiger partial charge on any atom is -0.438 e. The number of hydrogen-bond acceptors (Lipinski definition) is 7. The van der Waals surface area contributed by atoms with Crippen molar-refractivity contribution >= 4 is 22.8 Å². The molecule has 58 heavy (non-hydrogen) atoms. The van der Waals surface area contributed by atoms with E-state index >= 15 is 0 Å². The summed E-state index contributed by atoms with van der Waals surface area (Å²) in [4.78, 5) is 31.1.